The van der Waals surface area contributed by atoms with E-state index in [4.69, 9.17) is 23.2 Å². The number of Topliss-reactive ketones (excluding diaryl/α,β-unsaturated/α-hetero) is 1. The lowest BCUT2D eigenvalue weighted by Gasteiger charge is -2.26. The van der Waals surface area contributed by atoms with Gasteiger partial charge in [-0.25, -0.2) is 0 Å². The van der Waals surface area contributed by atoms with Crippen LogP contribution in [0.15, 0.2) is 18.2 Å². The molecule has 1 saturated heterocycles. The normalized spacial score (nSPS) is 22.7. The molecule has 104 valence electrons. The zero-order valence-electron chi connectivity index (χ0n) is 11.1. The Balaban J connectivity index is 2.12. The van der Waals surface area contributed by atoms with Gasteiger partial charge in [-0.05, 0) is 37.1 Å². The Morgan fingerprint density at radius 2 is 2.16 bits per heavy atom. The lowest BCUT2D eigenvalue weighted by atomic mass is 9.76. The van der Waals surface area contributed by atoms with Crippen molar-refractivity contribution in [3.05, 3.63) is 33.8 Å². The van der Waals surface area contributed by atoms with E-state index in [1.807, 2.05) is 6.07 Å². The lowest BCUT2D eigenvalue weighted by molar-refractivity contribution is -0.127. The Hall–Kier alpha value is -0.570. The number of rotatable bonds is 5. The maximum Gasteiger partial charge on any atom is 0.144 e. The zero-order chi connectivity index (χ0) is 13.9. The van der Waals surface area contributed by atoms with Gasteiger partial charge < -0.3 is 5.32 Å². The molecule has 0 bridgehead atoms. The molecule has 2 rings (SSSR count). The van der Waals surface area contributed by atoms with E-state index in [2.05, 4.69) is 12.2 Å². The van der Waals surface area contributed by atoms with E-state index < -0.39 is 0 Å². The molecular weight excluding hydrogens is 281 g/mol. The van der Waals surface area contributed by atoms with Crippen LogP contribution in [0.25, 0.3) is 0 Å². The highest BCUT2D eigenvalue weighted by molar-refractivity contribution is 6.42. The predicted molar refractivity (Wildman–Crippen MR) is 80.0 cm³/mol. The Morgan fingerprint density at radius 1 is 1.37 bits per heavy atom. The molecular formula is C15H19Cl2NO. The molecule has 4 heteroatoms. The van der Waals surface area contributed by atoms with Crippen LogP contribution in [-0.2, 0) is 11.2 Å². The van der Waals surface area contributed by atoms with Crippen LogP contribution >= 0.6 is 23.2 Å². The second kappa shape index (κ2) is 6.25. The summed E-state index contributed by atoms with van der Waals surface area (Å²) in [6.45, 7) is 3.88. The SMILES string of the molecule is CCCC1(C(=O)Cc2ccc(Cl)c(Cl)c2)CCNC1. The van der Waals surface area contributed by atoms with Crippen molar-refractivity contribution in [3.8, 4) is 0 Å². The van der Waals surface area contributed by atoms with Crippen LogP contribution in [0.5, 0.6) is 0 Å². The highest BCUT2D eigenvalue weighted by Crippen LogP contribution is 2.34. The molecule has 0 aliphatic carbocycles. The quantitative estimate of drug-likeness (QED) is 0.894. The fourth-order valence-corrected chi connectivity index (χ4v) is 3.16. The van der Waals surface area contributed by atoms with Crippen molar-refractivity contribution >= 4 is 29.0 Å². The Bertz CT molecular complexity index is 467. The second-order valence-corrected chi connectivity index (χ2v) is 6.12. The van der Waals surface area contributed by atoms with E-state index in [1.165, 1.54) is 0 Å². The number of carbonyl (C=O) groups is 1. The van der Waals surface area contributed by atoms with Crippen LogP contribution in [0.4, 0.5) is 0 Å². The molecule has 1 N–H and O–H groups in total. The molecule has 19 heavy (non-hydrogen) atoms. The average molecular weight is 300 g/mol. The van der Waals surface area contributed by atoms with Crippen LogP contribution < -0.4 is 5.32 Å². The van der Waals surface area contributed by atoms with E-state index in [1.54, 1.807) is 12.1 Å². The number of nitrogens with one attached hydrogen (secondary N) is 1. The monoisotopic (exact) mass is 299 g/mol. The third kappa shape index (κ3) is 3.31. The van der Waals surface area contributed by atoms with E-state index in [-0.39, 0.29) is 5.41 Å². The van der Waals surface area contributed by atoms with Gasteiger partial charge in [0.2, 0.25) is 0 Å². The molecule has 1 unspecified atom stereocenters. The molecule has 1 aliphatic rings. The number of carbonyl (C=O) groups excluding carboxylic acids is 1. The number of ketones is 1. The summed E-state index contributed by atoms with van der Waals surface area (Å²) in [6, 6.07) is 5.43. The number of hydrogen-bond acceptors (Lipinski definition) is 2. The minimum absolute atomic E-state index is 0.180. The maximum atomic E-state index is 12.6. The molecule has 1 heterocycles. The first-order chi connectivity index (χ1) is 9.07. The van der Waals surface area contributed by atoms with Gasteiger partial charge in [-0.3, -0.25) is 4.79 Å². The van der Waals surface area contributed by atoms with Gasteiger partial charge in [-0.2, -0.15) is 0 Å². The first-order valence-electron chi connectivity index (χ1n) is 6.75. The molecule has 1 aliphatic heterocycles. The molecule has 1 fully saturated rings. The fraction of sp³-hybridized carbons (Fsp3) is 0.533. The molecule has 0 aromatic heterocycles. The molecule has 0 radical (unpaired) electrons. The number of benzene rings is 1. The minimum Gasteiger partial charge on any atom is -0.316 e. The van der Waals surface area contributed by atoms with Crippen LogP contribution in [0.2, 0.25) is 10.0 Å². The van der Waals surface area contributed by atoms with Gasteiger partial charge >= 0.3 is 0 Å². The molecule has 1 aromatic carbocycles. The summed E-state index contributed by atoms with van der Waals surface area (Å²) in [4.78, 5) is 12.6. The summed E-state index contributed by atoms with van der Waals surface area (Å²) in [5.41, 5.74) is 0.766. The van der Waals surface area contributed by atoms with E-state index in [9.17, 15) is 4.79 Å². The minimum atomic E-state index is -0.180. The van der Waals surface area contributed by atoms with Crippen molar-refractivity contribution in [3.63, 3.8) is 0 Å². The topological polar surface area (TPSA) is 29.1 Å². The Labute approximate surface area is 124 Å². The van der Waals surface area contributed by atoms with Gasteiger partial charge in [-0.15, -0.1) is 0 Å². The summed E-state index contributed by atoms with van der Waals surface area (Å²) in [5.74, 6) is 0.317. The zero-order valence-corrected chi connectivity index (χ0v) is 12.7. The lowest BCUT2D eigenvalue weighted by Crippen LogP contribution is -2.34. The molecule has 0 amide bonds. The van der Waals surface area contributed by atoms with Crippen molar-refractivity contribution in [2.24, 2.45) is 5.41 Å². The van der Waals surface area contributed by atoms with Crippen molar-refractivity contribution in [1.82, 2.24) is 5.32 Å². The highest BCUT2D eigenvalue weighted by atomic mass is 35.5. The van der Waals surface area contributed by atoms with E-state index in [0.717, 1.165) is 37.9 Å². The third-order valence-corrected chi connectivity index (χ3v) is 4.65. The fourth-order valence-electron chi connectivity index (χ4n) is 2.84. The second-order valence-electron chi connectivity index (χ2n) is 5.31. The Morgan fingerprint density at radius 3 is 2.74 bits per heavy atom. The van der Waals surface area contributed by atoms with E-state index in [0.29, 0.717) is 22.2 Å². The van der Waals surface area contributed by atoms with Crippen molar-refractivity contribution in [2.45, 2.75) is 32.6 Å². The average Bonchev–Trinajstić information content (AvgIpc) is 2.84. The summed E-state index contributed by atoms with van der Waals surface area (Å²) >= 11 is 11.9. The summed E-state index contributed by atoms with van der Waals surface area (Å²) in [6.07, 6.45) is 3.38. The van der Waals surface area contributed by atoms with Crippen LogP contribution in [0, 0.1) is 5.41 Å². The van der Waals surface area contributed by atoms with Gasteiger partial charge in [0.1, 0.15) is 5.78 Å². The van der Waals surface area contributed by atoms with Gasteiger partial charge in [0.25, 0.3) is 0 Å². The molecule has 0 spiro atoms. The van der Waals surface area contributed by atoms with Gasteiger partial charge in [0, 0.05) is 18.4 Å². The summed E-state index contributed by atoms with van der Waals surface area (Å²) in [5, 5.41) is 4.36. The van der Waals surface area contributed by atoms with Gasteiger partial charge in [0.15, 0.2) is 0 Å². The number of hydrogen-bond donors (Lipinski definition) is 1. The van der Waals surface area contributed by atoms with Crippen molar-refractivity contribution < 1.29 is 4.79 Å². The summed E-state index contributed by atoms with van der Waals surface area (Å²) < 4.78 is 0. The first-order valence-corrected chi connectivity index (χ1v) is 7.51. The van der Waals surface area contributed by atoms with Crippen molar-refractivity contribution in [2.75, 3.05) is 13.1 Å². The summed E-state index contributed by atoms with van der Waals surface area (Å²) in [7, 11) is 0. The largest absolute Gasteiger partial charge is 0.316 e. The van der Waals surface area contributed by atoms with Gasteiger partial charge in [0.05, 0.1) is 10.0 Å². The Kier molecular flexibility index (Phi) is 4.88. The molecule has 2 nitrogen and oxygen atoms in total. The van der Waals surface area contributed by atoms with E-state index >= 15 is 0 Å². The predicted octanol–water partition coefficient (Wildman–Crippen LogP) is 3.88. The van der Waals surface area contributed by atoms with Gasteiger partial charge in [-0.1, -0.05) is 42.6 Å². The van der Waals surface area contributed by atoms with Crippen molar-refractivity contribution in [1.29, 1.82) is 0 Å². The van der Waals surface area contributed by atoms with Crippen LogP contribution in [0.1, 0.15) is 31.7 Å². The molecule has 0 saturated carbocycles. The molecule has 1 aromatic rings. The smallest absolute Gasteiger partial charge is 0.144 e. The third-order valence-electron chi connectivity index (χ3n) is 3.91. The maximum absolute atomic E-state index is 12.6. The highest BCUT2D eigenvalue weighted by Gasteiger charge is 2.39. The number of halogens is 2. The first kappa shape index (κ1) is 14.8. The van der Waals surface area contributed by atoms with Crippen LogP contribution in [0.3, 0.4) is 0 Å². The standard InChI is InChI=1S/C15H19Cl2NO/c1-2-5-15(6-7-18-10-15)14(19)9-11-3-4-12(16)13(17)8-11/h3-4,8,18H,2,5-7,9-10H2,1H3. The molecule has 1 atom stereocenters. The van der Waals surface area contributed by atoms with Crippen LogP contribution in [-0.4, -0.2) is 18.9 Å².